The van der Waals surface area contributed by atoms with Gasteiger partial charge < -0.3 is 24.4 Å². The van der Waals surface area contributed by atoms with Gasteiger partial charge in [0.1, 0.15) is 23.1 Å². The van der Waals surface area contributed by atoms with E-state index in [1.807, 2.05) is 6.07 Å². The Bertz CT molecular complexity index is 777. The van der Waals surface area contributed by atoms with E-state index in [0.717, 1.165) is 0 Å². The minimum atomic E-state index is -0.371. The van der Waals surface area contributed by atoms with E-state index in [4.69, 9.17) is 14.2 Å². The van der Waals surface area contributed by atoms with Crippen LogP contribution in [0.1, 0.15) is 19.8 Å². The van der Waals surface area contributed by atoms with Crippen molar-refractivity contribution < 1.29 is 23.8 Å². The number of esters is 1. The molecule has 0 spiro atoms. The molecule has 1 aromatic carbocycles. The molecule has 1 N–H and O–H groups in total. The van der Waals surface area contributed by atoms with Gasteiger partial charge in [0.15, 0.2) is 0 Å². The molecular formula is C20H25N3O5. The number of ether oxygens (including phenoxy) is 3. The molecule has 2 rings (SSSR count). The second kappa shape index (κ2) is 10.2. The largest absolute Gasteiger partial charge is 0.497 e. The summed E-state index contributed by atoms with van der Waals surface area (Å²) < 4.78 is 15.5. The Balaban J connectivity index is 2.02. The number of hydrogen-bond donors (Lipinski definition) is 1. The number of benzene rings is 1. The van der Waals surface area contributed by atoms with Gasteiger partial charge in [0.2, 0.25) is 0 Å². The Hall–Kier alpha value is -3.21. The number of rotatable bonds is 7. The molecule has 1 saturated heterocycles. The molecule has 0 bridgehead atoms. The van der Waals surface area contributed by atoms with Crippen LogP contribution in [0.25, 0.3) is 0 Å². The molecule has 150 valence electrons. The zero-order chi connectivity index (χ0) is 20.5. The number of likely N-dealkylation sites (tertiary alicyclic amines) is 1. The number of hydrogen-bond acceptors (Lipinski definition) is 7. The van der Waals surface area contributed by atoms with Gasteiger partial charge in [-0.15, -0.1) is 0 Å². The van der Waals surface area contributed by atoms with Crippen molar-refractivity contribution in [2.75, 3.05) is 39.2 Å². The van der Waals surface area contributed by atoms with Crippen LogP contribution in [0.15, 0.2) is 30.0 Å². The van der Waals surface area contributed by atoms with Crippen molar-refractivity contribution in [3.05, 3.63) is 30.0 Å². The highest BCUT2D eigenvalue weighted by atomic mass is 16.5. The van der Waals surface area contributed by atoms with E-state index in [1.54, 1.807) is 37.1 Å². The molecule has 1 aromatic rings. The lowest BCUT2D eigenvalue weighted by atomic mass is 9.96. The van der Waals surface area contributed by atoms with Crippen LogP contribution in [-0.2, 0) is 14.3 Å². The van der Waals surface area contributed by atoms with Crippen LogP contribution >= 0.6 is 0 Å². The first-order chi connectivity index (χ1) is 13.5. The molecule has 0 aliphatic carbocycles. The maximum absolute atomic E-state index is 12.6. The van der Waals surface area contributed by atoms with E-state index in [2.05, 4.69) is 5.32 Å². The van der Waals surface area contributed by atoms with Crippen LogP contribution in [0.4, 0.5) is 5.69 Å². The topological polar surface area (TPSA) is 101 Å². The fourth-order valence-corrected chi connectivity index (χ4v) is 2.96. The van der Waals surface area contributed by atoms with Crippen LogP contribution in [0, 0.1) is 17.2 Å². The molecular weight excluding hydrogens is 362 g/mol. The van der Waals surface area contributed by atoms with E-state index < -0.39 is 0 Å². The summed E-state index contributed by atoms with van der Waals surface area (Å²) in [5.74, 6) is 0.368. The summed E-state index contributed by atoms with van der Waals surface area (Å²) in [5, 5.41) is 12.3. The van der Waals surface area contributed by atoms with Gasteiger partial charge in [0.25, 0.3) is 5.91 Å². The molecule has 28 heavy (non-hydrogen) atoms. The van der Waals surface area contributed by atoms with E-state index in [-0.39, 0.29) is 23.4 Å². The van der Waals surface area contributed by atoms with Gasteiger partial charge in [-0.3, -0.25) is 9.59 Å². The number of carbonyl (C=O) groups excluding carboxylic acids is 2. The predicted octanol–water partition coefficient (Wildman–Crippen LogP) is 2.32. The van der Waals surface area contributed by atoms with Crippen LogP contribution in [0.5, 0.6) is 11.5 Å². The Morgan fingerprint density at radius 2 is 2.00 bits per heavy atom. The van der Waals surface area contributed by atoms with Crippen molar-refractivity contribution in [2.24, 2.45) is 5.92 Å². The maximum atomic E-state index is 12.6. The van der Waals surface area contributed by atoms with Crippen molar-refractivity contribution >= 4 is 17.6 Å². The summed E-state index contributed by atoms with van der Waals surface area (Å²) >= 11 is 0. The highest BCUT2D eigenvalue weighted by Crippen LogP contribution is 2.29. The molecule has 1 aliphatic rings. The third-order valence-corrected chi connectivity index (χ3v) is 4.53. The summed E-state index contributed by atoms with van der Waals surface area (Å²) in [4.78, 5) is 26.0. The van der Waals surface area contributed by atoms with Crippen molar-refractivity contribution in [2.45, 2.75) is 19.8 Å². The fraction of sp³-hybridized carbons (Fsp3) is 0.450. The molecule has 8 nitrogen and oxygen atoms in total. The summed E-state index contributed by atoms with van der Waals surface area (Å²) in [7, 11) is 3.08. The average Bonchev–Trinajstić information content (AvgIpc) is 2.74. The standard InChI is InChI=1S/C20H25N3O5/c1-4-28-20(25)14-7-9-23(10-8-14)19(24)15(12-21)13-22-17-6-5-16(26-2)11-18(17)27-3/h5-6,11,13-14,22H,4,7-10H2,1-3H3/b15-13-. The fourth-order valence-electron chi connectivity index (χ4n) is 2.96. The van der Waals surface area contributed by atoms with E-state index >= 15 is 0 Å². The van der Waals surface area contributed by atoms with Gasteiger partial charge >= 0.3 is 5.97 Å². The van der Waals surface area contributed by atoms with Gasteiger partial charge in [0, 0.05) is 25.4 Å². The number of anilines is 1. The van der Waals surface area contributed by atoms with Gasteiger partial charge in [-0.1, -0.05) is 0 Å². The molecule has 8 heteroatoms. The minimum Gasteiger partial charge on any atom is -0.497 e. The zero-order valence-corrected chi connectivity index (χ0v) is 16.4. The SMILES string of the molecule is CCOC(=O)C1CCN(C(=O)/C(C#N)=C\Nc2ccc(OC)cc2OC)CC1. The van der Waals surface area contributed by atoms with Crippen molar-refractivity contribution in [1.82, 2.24) is 4.90 Å². The van der Waals surface area contributed by atoms with E-state index in [0.29, 0.717) is 49.7 Å². The monoisotopic (exact) mass is 387 g/mol. The van der Waals surface area contributed by atoms with Crippen LogP contribution in [-0.4, -0.2) is 50.7 Å². The van der Waals surface area contributed by atoms with Gasteiger partial charge in [-0.05, 0) is 31.9 Å². The number of nitriles is 1. The quantitative estimate of drug-likeness (QED) is 0.435. The number of methoxy groups -OCH3 is 2. The molecule has 1 heterocycles. The highest BCUT2D eigenvalue weighted by Gasteiger charge is 2.29. The number of carbonyl (C=O) groups is 2. The average molecular weight is 387 g/mol. The third kappa shape index (κ3) is 5.16. The molecule has 1 fully saturated rings. The van der Waals surface area contributed by atoms with Crippen molar-refractivity contribution in [3.63, 3.8) is 0 Å². The first kappa shape index (κ1) is 21.1. The second-order valence-corrected chi connectivity index (χ2v) is 6.20. The molecule has 0 aromatic heterocycles. The van der Waals surface area contributed by atoms with Crippen LogP contribution < -0.4 is 14.8 Å². The highest BCUT2D eigenvalue weighted by molar-refractivity contribution is 5.97. The number of nitrogens with one attached hydrogen (secondary N) is 1. The Morgan fingerprint density at radius 1 is 1.29 bits per heavy atom. The second-order valence-electron chi connectivity index (χ2n) is 6.20. The summed E-state index contributed by atoms with van der Waals surface area (Å²) in [6.07, 6.45) is 2.43. The third-order valence-electron chi connectivity index (χ3n) is 4.53. The van der Waals surface area contributed by atoms with Gasteiger partial charge in [-0.25, -0.2) is 0 Å². The molecule has 0 saturated carbocycles. The van der Waals surface area contributed by atoms with E-state index in [9.17, 15) is 14.9 Å². The first-order valence-electron chi connectivity index (χ1n) is 9.08. The molecule has 0 radical (unpaired) electrons. The lowest BCUT2D eigenvalue weighted by Crippen LogP contribution is -2.41. The molecule has 0 atom stereocenters. The molecule has 1 aliphatic heterocycles. The number of amides is 1. The predicted molar refractivity (Wildman–Crippen MR) is 103 cm³/mol. The Labute approximate surface area is 164 Å². The Kier molecular flexibility index (Phi) is 7.69. The molecule has 0 unspecified atom stereocenters. The van der Waals surface area contributed by atoms with Crippen molar-refractivity contribution in [1.29, 1.82) is 5.26 Å². The number of piperidine rings is 1. The minimum absolute atomic E-state index is 0.0209. The van der Waals surface area contributed by atoms with Crippen molar-refractivity contribution in [3.8, 4) is 17.6 Å². The molecule has 1 amide bonds. The summed E-state index contributed by atoms with van der Waals surface area (Å²) in [5.41, 5.74) is 0.581. The lowest BCUT2D eigenvalue weighted by Gasteiger charge is -2.30. The van der Waals surface area contributed by atoms with Gasteiger partial charge in [-0.2, -0.15) is 5.26 Å². The van der Waals surface area contributed by atoms with Crippen LogP contribution in [0.3, 0.4) is 0 Å². The maximum Gasteiger partial charge on any atom is 0.309 e. The summed E-state index contributed by atoms with van der Waals surface area (Å²) in [6, 6.07) is 7.11. The summed E-state index contributed by atoms with van der Waals surface area (Å²) in [6.45, 7) is 2.94. The lowest BCUT2D eigenvalue weighted by molar-refractivity contribution is -0.150. The zero-order valence-electron chi connectivity index (χ0n) is 16.4. The normalized spacial score (nSPS) is 14.8. The smallest absolute Gasteiger partial charge is 0.309 e. The van der Waals surface area contributed by atoms with Gasteiger partial charge in [0.05, 0.1) is 32.4 Å². The number of nitrogens with zero attached hydrogens (tertiary/aromatic N) is 2. The van der Waals surface area contributed by atoms with E-state index in [1.165, 1.54) is 13.3 Å². The Morgan fingerprint density at radius 3 is 2.57 bits per heavy atom. The first-order valence-corrected chi connectivity index (χ1v) is 9.08. The van der Waals surface area contributed by atoms with Crippen LogP contribution in [0.2, 0.25) is 0 Å².